The molecule has 190 valence electrons. The Balaban J connectivity index is 1.38. The Bertz CT molecular complexity index is 1190. The number of ether oxygens (including phenoxy) is 1. The SMILES string of the molecule is NC(=O)N(CC1(O)CCN(Cc2cc(Br)ccc2OCc2ccc(Cl)cc2)CC1)c1ccc(F)cc1. The van der Waals surface area contributed by atoms with Crippen LogP contribution in [0.5, 0.6) is 5.75 Å². The minimum Gasteiger partial charge on any atom is -0.489 e. The first kappa shape index (κ1) is 26.4. The van der Waals surface area contributed by atoms with Gasteiger partial charge in [-0.15, -0.1) is 0 Å². The van der Waals surface area contributed by atoms with Crippen molar-refractivity contribution in [1.29, 1.82) is 0 Å². The summed E-state index contributed by atoms with van der Waals surface area (Å²) in [4.78, 5) is 15.6. The molecule has 0 atom stereocenters. The van der Waals surface area contributed by atoms with Gasteiger partial charge in [-0.05, 0) is 73.0 Å². The van der Waals surface area contributed by atoms with Gasteiger partial charge in [-0.3, -0.25) is 9.80 Å². The molecule has 1 saturated heterocycles. The number of carbonyl (C=O) groups is 1. The monoisotopic (exact) mass is 575 g/mol. The molecule has 0 aliphatic carbocycles. The van der Waals surface area contributed by atoms with E-state index in [1.807, 2.05) is 42.5 Å². The summed E-state index contributed by atoms with van der Waals surface area (Å²) in [5, 5.41) is 11.9. The van der Waals surface area contributed by atoms with E-state index in [4.69, 9.17) is 22.1 Å². The molecule has 4 rings (SSSR count). The molecule has 3 aromatic rings. The third-order valence-corrected chi connectivity index (χ3v) is 7.11. The lowest BCUT2D eigenvalue weighted by molar-refractivity contribution is -0.0156. The summed E-state index contributed by atoms with van der Waals surface area (Å²) in [6.45, 7) is 2.40. The van der Waals surface area contributed by atoms with E-state index in [1.165, 1.54) is 29.2 Å². The molecule has 0 bridgehead atoms. The van der Waals surface area contributed by atoms with E-state index < -0.39 is 17.4 Å². The summed E-state index contributed by atoms with van der Waals surface area (Å²) in [6.07, 6.45) is 0.930. The number of nitrogens with two attached hydrogens (primary N) is 1. The fourth-order valence-corrected chi connectivity index (χ4v) is 4.83. The van der Waals surface area contributed by atoms with Gasteiger partial charge in [0.2, 0.25) is 0 Å². The van der Waals surface area contributed by atoms with Crippen molar-refractivity contribution in [2.24, 2.45) is 5.73 Å². The zero-order valence-electron chi connectivity index (χ0n) is 19.7. The molecule has 1 aliphatic heterocycles. The fourth-order valence-electron chi connectivity index (χ4n) is 4.29. The van der Waals surface area contributed by atoms with Crippen molar-refractivity contribution in [2.45, 2.75) is 31.6 Å². The van der Waals surface area contributed by atoms with Crippen LogP contribution < -0.4 is 15.4 Å². The van der Waals surface area contributed by atoms with Crippen molar-refractivity contribution in [2.75, 3.05) is 24.5 Å². The Morgan fingerprint density at radius 2 is 1.78 bits per heavy atom. The van der Waals surface area contributed by atoms with Crippen LogP contribution in [0.1, 0.15) is 24.0 Å². The summed E-state index contributed by atoms with van der Waals surface area (Å²) in [5.41, 5.74) is 6.99. The smallest absolute Gasteiger partial charge is 0.319 e. The van der Waals surface area contributed by atoms with Crippen molar-refractivity contribution in [3.05, 3.63) is 93.2 Å². The number of aliphatic hydroxyl groups is 1. The summed E-state index contributed by atoms with van der Waals surface area (Å²) in [5.74, 6) is 0.393. The van der Waals surface area contributed by atoms with Crippen molar-refractivity contribution >= 4 is 39.2 Å². The van der Waals surface area contributed by atoms with E-state index in [-0.39, 0.29) is 6.54 Å². The number of primary amides is 1. The highest BCUT2D eigenvalue weighted by atomic mass is 79.9. The van der Waals surface area contributed by atoms with E-state index in [2.05, 4.69) is 20.8 Å². The number of carbonyl (C=O) groups excluding carboxylic acids is 1. The highest BCUT2D eigenvalue weighted by molar-refractivity contribution is 9.10. The lowest BCUT2D eigenvalue weighted by Crippen LogP contribution is -2.53. The van der Waals surface area contributed by atoms with E-state index >= 15 is 0 Å². The number of rotatable bonds is 8. The van der Waals surface area contributed by atoms with Crippen molar-refractivity contribution in [3.8, 4) is 5.75 Å². The highest BCUT2D eigenvalue weighted by Gasteiger charge is 2.35. The van der Waals surface area contributed by atoms with Crippen LogP contribution >= 0.6 is 27.5 Å². The van der Waals surface area contributed by atoms with Crippen LogP contribution in [0.2, 0.25) is 5.02 Å². The van der Waals surface area contributed by atoms with Crippen LogP contribution in [-0.2, 0) is 13.2 Å². The summed E-state index contributed by atoms with van der Waals surface area (Å²) in [7, 11) is 0. The third-order valence-electron chi connectivity index (χ3n) is 6.37. The van der Waals surface area contributed by atoms with Gasteiger partial charge in [-0.25, -0.2) is 9.18 Å². The maximum Gasteiger partial charge on any atom is 0.319 e. The standard InChI is InChI=1S/C27H28BrClFN3O3/c28-21-3-10-25(36-17-19-1-4-22(29)5-2-19)20(15-21)16-32-13-11-27(35,12-14-32)18-33(26(31)34)24-8-6-23(30)7-9-24/h1-10,15,35H,11-14,16-18H2,(H2,31,34). The van der Waals surface area contributed by atoms with Crippen molar-refractivity contribution in [3.63, 3.8) is 0 Å². The number of hydrogen-bond acceptors (Lipinski definition) is 4. The molecule has 2 amide bonds. The fraction of sp³-hybridized carbons (Fsp3) is 0.296. The summed E-state index contributed by atoms with van der Waals surface area (Å²) >= 11 is 9.52. The molecule has 1 aliphatic rings. The maximum atomic E-state index is 13.3. The average molecular weight is 577 g/mol. The molecule has 3 N–H and O–H groups in total. The molecule has 1 heterocycles. The quantitative estimate of drug-likeness (QED) is 0.359. The number of halogens is 3. The van der Waals surface area contributed by atoms with Crippen LogP contribution in [0.15, 0.2) is 71.2 Å². The van der Waals surface area contributed by atoms with Gasteiger partial charge in [-0.1, -0.05) is 39.7 Å². The number of nitrogens with zero attached hydrogens (tertiary/aromatic N) is 2. The molecule has 0 radical (unpaired) electrons. The largest absolute Gasteiger partial charge is 0.489 e. The topological polar surface area (TPSA) is 79.0 Å². The third kappa shape index (κ3) is 6.97. The second kappa shape index (κ2) is 11.6. The highest BCUT2D eigenvalue weighted by Crippen LogP contribution is 2.30. The van der Waals surface area contributed by atoms with Crippen LogP contribution in [0, 0.1) is 5.82 Å². The lowest BCUT2D eigenvalue weighted by atomic mass is 9.90. The Morgan fingerprint density at radius 3 is 2.42 bits per heavy atom. The van der Waals surface area contributed by atoms with Gasteiger partial charge < -0.3 is 15.6 Å². The molecular weight excluding hydrogens is 549 g/mol. The van der Waals surface area contributed by atoms with Crippen LogP contribution in [0.4, 0.5) is 14.9 Å². The van der Waals surface area contributed by atoms with Crippen LogP contribution in [0.3, 0.4) is 0 Å². The van der Waals surface area contributed by atoms with Crippen LogP contribution in [-0.4, -0.2) is 41.3 Å². The van der Waals surface area contributed by atoms with Gasteiger partial charge in [0, 0.05) is 40.4 Å². The van der Waals surface area contributed by atoms with Crippen LogP contribution in [0.25, 0.3) is 0 Å². The van der Waals surface area contributed by atoms with E-state index in [0.717, 1.165) is 21.3 Å². The molecule has 3 aromatic carbocycles. The molecule has 1 fully saturated rings. The van der Waals surface area contributed by atoms with Gasteiger partial charge in [0.15, 0.2) is 0 Å². The Kier molecular flexibility index (Phi) is 8.51. The molecule has 0 aromatic heterocycles. The Morgan fingerprint density at radius 1 is 1.11 bits per heavy atom. The normalized spacial score (nSPS) is 15.4. The van der Waals surface area contributed by atoms with E-state index in [0.29, 0.717) is 49.8 Å². The number of piperidine rings is 1. The number of hydrogen-bond donors (Lipinski definition) is 2. The number of amides is 2. The van der Waals surface area contributed by atoms with Crippen molar-refractivity contribution < 1.29 is 19.0 Å². The minimum atomic E-state index is -1.09. The van der Waals surface area contributed by atoms with Gasteiger partial charge >= 0.3 is 6.03 Å². The second-order valence-electron chi connectivity index (χ2n) is 9.07. The van der Waals surface area contributed by atoms with Gasteiger partial charge in [0.05, 0.1) is 12.1 Å². The molecule has 9 heteroatoms. The number of benzene rings is 3. The summed E-state index contributed by atoms with van der Waals surface area (Å²) in [6, 6.07) is 18.3. The first-order valence-corrected chi connectivity index (χ1v) is 12.8. The molecule has 36 heavy (non-hydrogen) atoms. The number of anilines is 1. The lowest BCUT2D eigenvalue weighted by Gasteiger charge is -2.40. The molecule has 0 spiro atoms. The number of likely N-dealkylation sites (tertiary alicyclic amines) is 1. The maximum absolute atomic E-state index is 13.3. The first-order chi connectivity index (χ1) is 17.2. The molecule has 6 nitrogen and oxygen atoms in total. The van der Waals surface area contributed by atoms with Crippen molar-refractivity contribution in [1.82, 2.24) is 4.90 Å². The predicted octanol–water partition coefficient (Wildman–Crippen LogP) is 5.73. The molecule has 0 saturated carbocycles. The average Bonchev–Trinajstić information content (AvgIpc) is 2.85. The molecular formula is C27H28BrClFN3O3. The minimum absolute atomic E-state index is 0.0497. The Hall–Kier alpha value is -2.65. The zero-order chi connectivity index (χ0) is 25.7. The zero-order valence-corrected chi connectivity index (χ0v) is 22.0. The molecule has 0 unspecified atom stereocenters. The number of urea groups is 1. The summed E-state index contributed by atoms with van der Waals surface area (Å²) < 4.78 is 20.4. The predicted molar refractivity (Wildman–Crippen MR) is 143 cm³/mol. The van der Waals surface area contributed by atoms with Gasteiger partial charge in [0.1, 0.15) is 18.2 Å². The van der Waals surface area contributed by atoms with E-state index in [1.54, 1.807) is 0 Å². The Labute approximate surface area is 223 Å². The first-order valence-electron chi connectivity index (χ1n) is 11.6. The van der Waals surface area contributed by atoms with E-state index in [9.17, 15) is 14.3 Å². The van der Waals surface area contributed by atoms with Gasteiger partial charge in [-0.2, -0.15) is 0 Å². The second-order valence-corrected chi connectivity index (χ2v) is 10.4. The van der Waals surface area contributed by atoms with Gasteiger partial charge in [0.25, 0.3) is 0 Å².